The summed E-state index contributed by atoms with van der Waals surface area (Å²) in [5, 5.41) is 5.17. The largest absolute Gasteiger partial charge is 0.310 e. The predicted octanol–water partition coefficient (Wildman–Crippen LogP) is 16.0. The number of anilines is 3. The Kier molecular flexibility index (Phi) is 9.21. The smallest absolute Gasteiger partial charge is 0.0468 e. The summed E-state index contributed by atoms with van der Waals surface area (Å²) in [6.07, 6.45) is 8.93. The van der Waals surface area contributed by atoms with E-state index in [4.69, 9.17) is 0 Å². The Morgan fingerprint density at radius 1 is 0.393 bits per heavy atom. The van der Waals surface area contributed by atoms with Crippen LogP contribution in [-0.2, 0) is 5.41 Å². The Balaban J connectivity index is 1.12. The lowest BCUT2D eigenvalue weighted by atomic mass is 9.67. The highest BCUT2D eigenvalue weighted by molar-refractivity contribution is 7.26. The molecule has 0 bridgehead atoms. The third-order valence-corrected chi connectivity index (χ3v) is 13.4. The van der Waals surface area contributed by atoms with Crippen molar-refractivity contribution in [1.29, 1.82) is 0 Å². The molecule has 9 aromatic rings. The zero-order valence-electron chi connectivity index (χ0n) is 31.7. The second-order valence-electron chi connectivity index (χ2n) is 15.5. The molecule has 0 atom stereocenters. The highest BCUT2D eigenvalue weighted by Gasteiger charge is 2.34. The van der Waals surface area contributed by atoms with Gasteiger partial charge in [0.05, 0.1) is 0 Å². The van der Waals surface area contributed by atoms with Gasteiger partial charge in [-0.2, -0.15) is 0 Å². The molecule has 1 aromatic heterocycles. The van der Waals surface area contributed by atoms with Crippen molar-refractivity contribution in [3.8, 4) is 22.3 Å². The van der Waals surface area contributed by atoms with E-state index < -0.39 is 0 Å². The fourth-order valence-corrected chi connectivity index (χ4v) is 10.6. The summed E-state index contributed by atoms with van der Waals surface area (Å²) in [5.41, 5.74) is 11.4. The second-order valence-corrected chi connectivity index (χ2v) is 16.6. The van der Waals surface area contributed by atoms with Crippen LogP contribution in [-0.4, -0.2) is 0 Å². The molecule has 1 aliphatic rings. The van der Waals surface area contributed by atoms with Crippen LogP contribution in [0.2, 0.25) is 0 Å². The van der Waals surface area contributed by atoms with Gasteiger partial charge < -0.3 is 4.90 Å². The van der Waals surface area contributed by atoms with E-state index in [1.54, 1.807) is 0 Å². The van der Waals surface area contributed by atoms with Crippen molar-refractivity contribution in [1.82, 2.24) is 0 Å². The van der Waals surface area contributed by atoms with Gasteiger partial charge in [0, 0.05) is 42.6 Å². The zero-order valence-corrected chi connectivity index (χ0v) is 32.5. The van der Waals surface area contributed by atoms with Gasteiger partial charge in [0.15, 0.2) is 0 Å². The molecular weight excluding hydrogens is 695 g/mol. The Bertz CT molecular complexity index is 2750. The maximum absolute atomic E-state index is 2.46. The molecule has 1 saturated carbocycles. The first kappa shape index (κ1) is 34.5. The SMILES string of the molecule is c1ccc(-c2cccc3sc4ccc(N(c5ccc(-c6cccc7ccccc67)cc5)c5ccc(C6(c7ccccc7)CCCCCCC6)cc5)cc4c23)cc1. The van der Waals surface area contributed by atoms with Gasteiger partial charge in [0.25, 0.3) is 0 Å². The molecule has 0 unspecified atom stereocenters. The van der Waals surface area contributed by atoms with Crippen LogP contribution in [0.5, 0.6) is 0 Å². The van der Waals surface area contributed by atoms with Crippen molar-refractivity contribution in [2.45, 2.75) is 50.4 Å². The van der Waals surface area contributed by atoms with Gasteiger partial charge in [-0.3, -0.25) is 0 Å². The molecule has 56 heavy (non-hydrogen) atoms. The van der Waals surface area contributed by atoms with Gasteiger partial charge in [0.1, 0.15) is 0 Å². The monoisotopic (exact) mass is 739 g/mol. The van der Waals surface area contributed by atoms with E-state index in [-0.39, 0.29) is 5.41 Å². The number of nitrogens with zero attached hydrogens (tertiary/aromatic N) is 1. The van der Waals surface area contributed by atoms with Crippen molar-refractivity contribution in [2.24, 2.45) is 0 Å². The van der Waals surface area contributed by atoms with E-state index in [9.17, 15) is 0 Å². The van der Waals surface area contributed by atoms with Crippen LogP contribution < -0.4 is 4.90 Å². The van der Waals surface area contributed by atoms with Gasteiger partial charge in [-0.15, -0.1) is 11.3 Å². The first-order valence-electron chi connectivity index (χ1n) is 20.3. The van der Waals surface area contributed by atoms with Crippen LogP contribution >= 0.6 is 11.3 Å². The summed E-state index contributed by atoms with van der Waals surface area (Å²) < 4.78 is 2.63. The number of thiophene rings is 1. The molecule has 1 fully saturated rings. The average molecular weight is 740 g/mol. The number of benzene rings is 8. The van der Waals surface area contributed by atoms with Crippen molar-refractivity contribution in [3.63, 3.8) is 0 Å². The molecule has 8 aromatic carbocycles. The molecule has 1 heterocycles. The predicted molar refractivity (Wildman–Crippen MR) is 242 cm³/mol. The molecule has 0 N–H and O–H groups in total. The first-order valence-corrected chi connectivity index (χ1v) is 21.1. The fourth-order valence-electron chi connectivity index (χ4n) is 9.47. The van der Waals surface area contributed by atoms with E-state index >= 15 is 0 Å². The Labute approximate surface area is 334 Å². The second kappa shape index (κ2) is 14.9. The van der Waals surface area contributed by atoms with Gasteiger partial charge in [-0.1, -0.05) is 172 Å². The van der Waals surface area contributed by atoms with E-state index in [0.29, 0.717) is 0 Å². The van der Waals surface area contributed by atoms with E-state index in [2.05, 4.69) is 193 Å². The van der Waals surface area contributed by atoms with Crippen molar-refractivity contribution < 1.29 is 0 Å². The molecule has 0 aliphatic heterocycles. The standard InChI is InChI=1S/C54H45NS/c1-2-12-36-54(37-13-3-1,42-20-8-5-9-21-42)43-28-32-45(33-29-43)55(44-30-26-41(27-31-44)48-23-14-19-39-18-10-11-22-47(39)48)46-34-35-51-50(38-46)53-49(24-15-25-52(53)56-51)40-16-6-4-7-17-40/h4-11,14-35,38H,1-3,12-13,36-37H2. The zero-order chi connectivity index (χ0) is 37.3. The van der Waals surface area contributed by atoms with Crippen LogP contribution in [0.15, 0.2) is 188 Å². The van der Waals surface area contributed by atoms with Gasteiger partial charge >= 0.3 is 0 Å². The summed E-state index contributed by atoms with van der Waals surface area (Å²) in [6, 6.07) is 70.1. The number of rotatable bonds is 7. The van der Waals surface area contributed by atoms with Crippen LogP contribution in [0, 0.1) is 0 Å². The van der Waals surface area contributed by atoms with Crippen LogP contribution in [0.25, 0.3) is 53.2 Å². The van der Waals surface area contributed by atoms with Gasteiger partial charge in [0.2, 0.25) is 0 Å². The fraction of sp³-hybridized carbons (Fsp3) is 0.148. The molecule has 0 spiro atoms. The molecule has 1 aliphatic carbocycles. The molecule has 0 radical (unpaired) electrons. The lowest BCUT2D eigenvalue weighted by Crippen LogP contribution is -2.29. The van der Waals surface area contributed by atoms with E-state index in [0.717, 1.165) is 11.4 Å². The minimum absolute atomic E-state index is 0.0352. The van der Waals surface area contributed by atoms with E-state index in [1.165, 1.54) is 115 Å². The molecule has 272 valence electrons. The summed E-state index contributed by atoms with van der Waals surface area (Å²) in [7, 11) is 0. The minimum atomic E-state index is 0.0352. The molecular formula is C54H45NS. The van der Waals surface area contributed by atoms with Crippen LogP contribution in [0.1, 0.15) is 56.1 Å². The van der Waals surface area contributed by atoms with Gasteiger partial charge in [-0.25, -0.2) is 0 Å². The normalized spacial score (nSPS) is 14.4. The van der Waals surface area contributed by atoms with Crippen molar-refractivity contribution >= 4 is 59.3 Å². The molecule has 0 saturated heterocycles. The quantitative estimate of drug-likeness (QED) is 0.157. The Morgan fingerprint density at radius 2 is 0.964 bits per heavy atom. The highest BCUT2D eigenvalue weighted by Crippen LogP contribution is 2.47. The first-order chi connectivity index (χ1) is 27.7. The number of hydrogen-bond acceptors (Lipinski definition) is 2. The molecule has 0 amide bonds. The summed E-state index contributed by atoms with van der Waals surface area (Å²) in [6.45, 7) is 0. The summed E-state index contributed by atoms with van der Waals surface area (Å²) in [4.78, 5) is 2.46. The maximum atomic E-state index is 2.46. The highest BCUT2D eigenvalue weighted by atomic mass is 32.1. The molecule has 10 rings (SSSR count). The summed E-state index contributed by atoms with van der Waals surface area (Å²) in [5.74, 6) is 0. The third kappa shape index (κ3) is 6.29. The van der Waals surface area contributed by atoms with Gasteiger partial charge in [-0.05, 0) is 106 Å². The lowest BCUT2D eigenvalue weighted by molar-refractivity contribution is 0.366. The minimum Gasteiger partial charge on any atom is -0.310 e. The summed E-state index contributed by atoms with van der Waals surface area (Å²) >= 11 is 1.88. The van der Waals surface area contributed by atoms with Crippen molar-refractivity contribution in [2.75, 3.05) is 4.90 Å². The van der Waals surface area contributed by atoms with Crippen LogP contribution in [0.3, 0.4) is 0 Å². The molecule has 2 heteroatoms. The Morgan fingerprint density at radius 3 is 1.73 bits per heavy atom. The van der Waals surface area contributed by atoms with Crippen molar-refractivity contribution in [3.05, 3.63) is 199 Å². The van der Waals surface area contributed by atoms with E-state index in [1.807, 2.05) is 11.3 Å². The topological polar surface area (TPSA) is 3.24 Å². The number of hydrogen-bond donors (Lipinski definition) is 0. The molecule has 1 nitrogen and oxygen atoms in total. The number of fused-ring (bicyclic) bond motifs is 4. The average Bonchev–Trinajstić information content (AvgIpc) is 3.63. The maximum Gasteiger partial charge on any atom is 0.0468 e. The van der Waals surface area contributed by atoms with Crippen LogP contribution in [0.4, 0.5) is 17.1 Å². The Hall–Kier alpha value is -5.96. The third-order valence-electron chi connectivity index (χ3n) is 12.3. The lowest BCUT2D eigenvalue weighted by Gasteiger charge is -2.37.